The number of nitrogens with zero attached hydrogens (tertiary/aromatic N) is 5. The fourth-order valence-electron chi connectivity index (χ4n) is 3.45. The van der Waals surface area contributed by atoms with E-state index in [0.717, 1.165) is 11.8 Å². The number of benzene rings is 1. The lowest BCUT2D eigenvalue weighted by Crippen LogP contribution is -2.19. The van der Waals surface area contributed by atoms with Gasteiger partial charge in [0.05, 0.1) is 12.8 Å². The summed E-state index contributed by atoms with van der Waals surface area (Å²) < 4.78 is 42.9. The van der Waals surface area contributed by atoms with Crippen molar-refractivity contribution in [2.45, 2.75) is 20.4 Å². The standard InChI is InChI=1S/C21H21FN6O3S/c1-12-9-15(11-27(3)21(12)29)18-24-19(26-32(4,30)31)17-20(25-18)28(13(2)23-17)10-14-5-7-16(22)8-6-14/h5-9,11H,10H2,1-4H3,(H,24,25,26). The Bertz CT molecular complexity index is 1480. The van der Waals surface area contributed by atoms with E-state index in [1.807, 2.05) is 0 Å². The van der Waals surface area contributed by atoms with Gasteiger partial charge >= 0.3 is 0 Å². The molecule has 0 atom stereocenters. The summed E-state index contributed by atoms with van der Waals surface area (Å²) in [4.78, 5) is 25.6. The van der Waals surface area contributed by atoms with Crippen LogP contribution in [0.25, 0.3) is 22.6 Å². The van der Waals surface area contributed by atoms with Crippen LogP contribution in [0, 0.1) is 19.7 Å². The summed E-state index contributed by atoms with van der Waals surface area (Å²) in [5.74, 6) is 0.529. The number of sulfonamides is 1. The molecule has 0 unspecified atom stereocenters. The second-order valence-electron chi connectivity index (χ2n) is 7.64. The maximum Gasteiger partial charge on any atom is 0.253 e. The first-order valence-corrected chi connectivity index (χ1v) is 11.6. The van der Waals surface area contributed by atoms with Gasteiger partial charge in [0, 0.05) is 24.4 Å². The summed E-state index contributed by atoms with van der Waals surface area (Å²) in [5.41, 5.74) is 2.43. The molecule has 0 aliphatic carbocycles. The van der Waals surface area contributed by atoms with Crippen molar-refractivity contribution in [3.05, 3.63) is 69.7 Å². The van der Waals surface area contributed by atoms with Crippen molar-refractivity contribution >= 4 is 27.0 Å². The molecule has 4 rings (SSSR count). The Morgan fingerprint density at radius 2 is 1.78 bits per heavy atom. The number of nitrogens with one attached hydrogen (secondary N) is 1. The molecule has 0 spiro atoms. The highest BCUT2D eigenvalue weighted by Crippen LogP contribution is 2.27. The zero-order valence-electron chi connectivity index (χ0n) is 17.9. The number of aryl methyl sites for hydroxylation is 3. The second kappa shape index (κ2) is 7.83. The molecule has 0 radical (unpaired) electrons. The van der Waals surface area contributed by atoms with Gasteiger partial charge in [-0.25, -0.2) is 27.8 Å². The molecule has 166 valence electrons. The number of rotatable bonds is 5. The summed E-state index contributed by atoms with van der Waals surface area (Å²) in [7, 11) is -2.02. The number of halogens is 1. The number of hydrogen-bond acceptors (Lipinski definition) is 6. The van der Waals surface area contributed by atoms with E-state index in [-0.39, 0.29) is 23.0 Å². The van der Waals surface area contributed by atoms with Crippen LogP contribution >= 0.6 is 0 Å². The first-order chi connectivity index (χ1) is 15.0. The van der Waals surface area contributed by atoms with E-state index in [2.05, 4.69) is 19.7 Å². The van der Waals surface area contributed by atoms with Crippen molar-refractivity contribution in [3.8, 4) is 11.4 Å². The maximum absolute atomic E-state index is 13.3. The second-order valence-corrected chi connectivity index (χ2v) is 9.39. The molecule has 1 aromatic carbocycles. The minimum atomic E-state index is -3.64. The quantitative estimate of drug-likeness (QED) is 0.494. The molecule has 32 heavy (non-hydrogen) atoms. The molecule has 1 N–H and O–H groups in total. The Kier molecular flexibility index (Phi) is 5.29. The number of pyridine rings is 1. The van der Waals surface area contributed by atoms with E-state index in [1.54, 1.807) is 49.9 Å². The van der Waals surface area contributed by atoms with E-state index in [0.29, 0.717) is 34.7 Å². The summed E-state index contributed by atoms with van der Waals surface area (Å²) >= 11 is 0. The summed E-state index contributed by atoms with van der Waals surface area (Å²) in [6.45, 7) is 3.80. The molecule has 4 aromatic rings. The van der Waals surface area contributed by atoms with Crippen molar-refractivity contribution in [3.63, 3.8) is 0 Å². The van der Waals surface area contributed by atoms with E-state index in [4.69, 9.17) is 0 Å². The largest absolute Gasteiger partial charge is 0.318 e. The van der Waals surface area contributed by atoms with Gasteiger partial charge in [-0.2, -0.15) is 0 Å². The molecular weight excluding hydrogens is 435 g/mol. The molecule has 0 amide bonds. The predicted octanol–water partition coefficient (Wildman–Crippen LogP) is 2.37. The van der Waals surface area contributed by atoms with Crippen LogP contribution in [0.5, 0.6) is 0 Å². The fourth-order valence-corrected chi connectivity index (χ4v) is 3.94. The molecule has 0 saturated heterocycles. The lowest BCUT2D eigenvalue weighted by molar-refractivity contribution is 0.606. The number of aromatic nitrogens is 5. The van der Waals surface area contributed by atoms with Crippen LogP contribution in [0.1, 0.15) is 17.0 Å². The van der Waals surface area contributed by atoms with Crippen LogP contribution in [0.4, 0.5) is 10.2 Å². The Morgan fingerprint density at radius 1 is 1.09 bits per heavy atom. The average molecular weight is 457 g/mol. The van der Waals surface area contributed by atoms with E-state index < -0.39 is 10.0 Å². The minimum absolute atomic E-state index is 0.0416. The van der Waals surface area contributed by atoms with Crippen molar-refractivity contribution < 1.29 is 12.8 Å². The molecular formula is C21H21FN6O3S. The Labute approximate surface area is 183 Å². The highest BCUT2D eigenvalue weighted by molar-refractivity contribution is 7.92. The molecule has 0 aliphatic heterocycles. The Balaban J connectivity index is 1.95. The van der Waals surface area contributed by atoms with Crippen molar-refractivity contribution in [2.24, 2.45) is 7.05 Å². The highest BCUT2D eigenvalue weighted by atomic mass is 32.2. The Hall–Kier alpha value is -3.60. The lowest BCUT2D eigenvalue weighted by atomic mass is 10.2. The summed E-state index contributed by atoms with van der Waals surface area (Å²) in [6.07, 6.45) is 2.62. The minimum Gasteiger partial charge on any atom is -0.318 e. The zero-order chi connectivity index (χ0) is 23.2. The SMILES string of the molecule is Cc1cc(-c2nc(NS(C)(=O)=O)c3nc(C)n(Cc4ccc(F)cc4)c3n2)cn(C)c1=O. The van der Waals surface area contributed by atoms with Crippen LogP contribution in [-0.2, 0) is 23.6 Å². The van der Waals surface area contributed by atoms with Crippen LogP contribution in [0.15, 0.2) is 41.3 Å². The Morgan fingerprint density at radius 3 is 2.41 bits per heavy atom. The summed E-state index contributed by atoms with van der Waals surface area (Å²) in [5, 5.41) is 0. The fraction of sp³-hybridized carbons (Fsp3) is 0.238. The van der Waals surface area contributed by atoms with Gasteiger partial charge in [-0.1, -0.05) is 12.1 Å². The first-order valence-electron chi connectivity index (χ1n) is 9.66. The third-order valence-electron chi connectivity index (χ3n) is 4.94. The van der Waals surface area contributed by atoms with Crippen LogP contribution in [0.3, 0.4) is 0 Å². The van der Waals surface area contributed by atoms with Gasteiger partial charge in [0.25, 0.3) is 5.56 Å². The van der Waals surface area contributed by atoms with Crippen LogP contribution in [-0.4, -0.2) is 38.8 Å². The van der Waals surface area contributed by atoms with E-state index >= 15 is 0 Å². The van der Waals surface area contributed by atoms with Crippen molar-refractivity contribution in [1.82, 2.24) is 24.1 Å². The van der Waals surface area contributed by atoms with Gasteiger partial charge in [0.1, 0.15) is 11.6 Å². The molecule has 0 bridgehead atoms. The zero-order valence-corrected chi connectivity index (χ0v) is 18.7. The van der Waals surface area contributed by atoms with Gasteiger partial charge in [-0.05, 0) is 37.6 Å². The van der Waals surface area contributed by atoms with Crippen LogP contribution in [0.2, 0.25) is 0 Å². The highest BCUT2D eigenvalue weighted by Gasteiger charge is 2.20. The molecule has 3 heterocycles. The molecule has 11 heteroatoms. The van der Waals surface area contributed by atoms with Crippen molar-refractivity contribution in [2.75, 3.05) is 11.0 Å². The molecule has 0 fully saturated rings. The molecule has 3 aromatic heterocycles. The predicted molar refractivity (Wildman–Crippen MR) is 119 cm³/mol. The lowest BCUT2D eigenvalue weighted by Gasteiger charge is -2.11. The summed E-state index contributed by atoms with van der Waals surface area (Å²) in [6, 6.07) is 7.72. The normalized spacial score (nSPS) is 11.8. The molecule has 9 nitrogen and oxygen atoms in total. The average Bonchev–Trinajstić information content (AvgIpc) is 3.02. The van der Waals surface area contributed by atoms with Gasteiger partial charge in [-0.15, -0.1) is 0 Å². The number of anilines is 1. The number of fused-ring (bicyclic) bond motifs is 1. The van der Waals surface area contributed by atoms with E-state index in [1.165, 1.54) is 16.7 Å². The molecule has 0 saturated carbocycles. The monoisotopic (exact) mass is 456 g/mol. The van der Waals surface area contributed by atoms with Crippen LogP contribution < -0.4 is 10.3 Å². The maximum atomic E-state index is 13.3. The van der Waals surface area contributed by atoms with E-state index in [9.17, 15) is 17.6 Å². The number of imidazole rings is 1. The molecule has 0 aliphatic rings. The first kappa shape index (κ1) is 21.6. The van der Waals surface area contributed by atoms with Gasteiger partial charge < -0.3 is 9.13 Å². The van der Waals surface area contributed by atoms with Gasteiger partial charge in [0.2, 0.25) is 10.0 Å². The third kappa shape index (κ3) is 4.24. The van der Waals surface area contributed by atoms with Gasteiger partial charge in [0.15, 0.2) is 22.8 Å². The van der Waals surface area contributed by atoms with Gasteiger partial charge in [-0.3, -0.25) is 9.52 Å². The number of hydrogen-bond donors (Lipinski definition) is 1. The third-order valence-corrected chi connectivity index (χ3v) is 5.51. The smallest absolute Gasteiger partial charge is 0.253 e. The van der Waals surface area contributed by atoms with Crippen molar-refractivity contribution in [1.29, 1.82) is 0 Å². The topological polar surface area (TPSA) is 112 Å².